The number of fused-ring (bicyclic) bond motifs is 5. The molecule has 0 spiro atoms. The van der Waals surface area contributed by atoms with Gasteiger partial charge in [-0.1, -0.05) is 10.8 Å². The van der Waals surface area contributed by atoms with Crippen LogP contribution in [0.2, 0.25) is 0 Å². The molecule has 0 aromatic carbocycles. The van der Waals surface area contributed by atoms with Crippen molar-refractivity contribution in [1.82, 2.24) is 0 Å². The highest BCUT2D eigenvalue weighted by Gasteiger charge is 2.72. The minimum atomic E-state index is -3.89. The number of alkyl halides is 4. The van der Waals surface area contributed by atoms with Crippen molar-refractivity contribution in [2.75, 3.05) is 0 Å². The van der Waals surface area contributed by atoms with E-state index in [-0.39, 0.29) is 27.9 Å². The second kappa shape index (κ2) is 3.00. The van der Waals surface area contributed by atoms with Crippen LogP contribution < -0.4 is 0 Å². The fraction of sp³-hybridized carbons (Fsp3) is 1.00. The van der Waals surface area contributed by atoms with Crippen molar-refractivity contribution < 1.29 is 17.6 Å². The topological polar surface area (TPSA) is 0 Å². The fourth-order valence-electron chi connectivity index (χ4n) is 3.25. The van der Waals surface area contributed by atoms with E-state index in [0.29, 0.717) is 6.42 Å². The van der Waals surface area contributed by atoms with Gasteiger partial charge in [0.05, 0.1) is 0 Å². The second-order valence-corrected chi connectivity index (χ2v) is 7.14. The van der Waals surface area contributed by atoms with Crippen LogP contribution in [0.25, 0.3) is 0 Å². The maximum Gasteiger partial charge on any atom is 0.365 e. The molecule has 1 aliphatic heterocycles. The molecular weight excluding hydrogens is 248 g/mol. The molecule has 0 aromatic heterocycles. The summed E-state index contributed by atoms with van der Waals surface area (Å²) in [6.07, 6.45) is 2.39. The van der Waals surface area contributed by atoms with Crippen molar-refractivity contribution in [3.63, 3.8) is 0 Å². The minimum absolute atomic E-state index is 0.0768. The summed E-state index contributed by atoms with van der Waals surface area (Å²) < 4.78 is 53.5. The van der Waals surface area contributed by atoms with Gasteiger partial charge in [-0.05, 0) is 41.9 Å². The van der Waals surface area contributed by atoms with Crippen molar-refractivity contribution in [1.29, 1.82) is 0 Å². The Balaban J connectivity index is 1.96. The van der Waals surface area contributed by atoms with Gasteiger partial charge in [0.15, 0.2) is 0 Å². The largest absolute Gasteiger partial charge is 0.365 e. The normalized spacial score (nSPS) is 50.4. The van der Waals surface area contributed by atoms with Gasteiger partial charge >= 0.3 is 11.2 Å². The van der Waals surface area contributed by atoms with Crippen LogP contribution in [0.3, 0.4) is 0 Å². The molecule has 15 heavy (non-hydrogen) atoms. The van der Waals surface area contributed by atoms with Gasteiger partial charge in [-0.15, -0.1) is 0 Å². The molecule has 2 saturated carbocycles. The summed E-state index contributed by atoms with van der Waals surface area (Å²) in [5.74, 6) is -4.82. The van der Waals surface area contributed by atoms with Crippen molar-refractivity contribution in [3.8, 4) is 0 Å². The molecule has 3 fully saturated rings. The third-order valence-corrected chi connectivity index (χ3v) is 6.97. The lowest BCUT2D eigenvalue weighted by molar-refractivity contribution is -0.195. The fourth-order valence-corrected chi connectivity index (χ4v) is 6.50. The third kappa shape index (κ3) is 1.24. The van der Waals surface area contributed by atoms with E-state index in [2.05, 4.69) is 0 Å². The van der Waals surface area contributed by atoms with E-state index in [1.807, 2.05) is 0 Å². The van der Waals surface area contributed by atoms with E-state index in [0.717, 1.165) is 23.6 Å². The third-order valence-electron chi connectivity index (χ3n) is 3.91. The van der Waals surface area contributed by atoms with Gasteiger partial charge in [0.2, 0.25) is 0 Å². The number of hydrogen-bond acceptors (Lipinski definition) is 2. The van der Waals surface area contributed by atoms with Crippen LogP contribution in [-0.2, 0) is 0 Å². The van der Waals surface area contributed by atoms with E-state index in [1.54, 1.807) is 0 Å². The Morgan fingerprint density at radius 3 is 2.40 bits per heavy atom. The number of rotatable bonds is 0. The lowest BCUT2D eigenvalue weighted by Crippen LogP contribution is -2.52. The maximum absolute atomic E-state index is 13.6. The molecule has 0 amide bonds. The molecule has 4 unspecified atom stereocenters. The molecule has 0 aromatic rings. The summed E-state index contributed by atoms with van der Waals surface area (Å²) in [5.41, 5.74) is 0. The van der Waals surface area contributed by atoms with E-state index >= 15 is 0 Å². The molecule has 0 radical (unpaired) electrons. The van der Waals surface area contributed by atoms with Crippen LogP contribution in [0.4, 0.5) is 17.6 Å². The van der Waals surface area contributed by atoms with Gasteiger partial charge in [0, 0.05) is 11.2 Å². The smallest absolute Gasteiger partial charge is 0.198 e. The predicted octanol–water partition coefficient (Wildman–Crippen LogP) is 4.02. The first-order valence-corrected chi connectivity index (χ1v) is 7.25. The number of halogens is 4. The zero-order valence-electron chi connectivity index (χ0n) is 7.76. The van der Waals surface area contributed by atoms with Gasteiger partial charge in [-0.25, -0.2) is 0 Å². The summed E-state index contributed by atoms with van der Waals surface area (Å²) in [7, 11) is 1.07. The Morgan fingerprint density at radius 1 is 1.00 bits per heavy atom. The first kappa shape index (κ1) is 10.6. The van der Waals surface area contributed by atoms with Crippen LogP contribution in [-0.4, -0.2) is 16.4 Å². The molecule has 4 atom stereocenters. The first-order valence-electron chi connectivity index (χ1n) is 5.03. The van der Waals surface area contributed by atoms with E-state index < -0.39 is 17.1 Å². The highest BCUT2D eigenvalue weighted by molar-refractivity contribution is 8.77. The van der Waals surface area contributed by atoms with E-state index in [1.165, 1.54) is 0 Å². The van der Waals surface area contributed by atoms with Crippen LogP contribution in [0, 0.1) is 17.8 Å². The van der Waals surface area contributed by atoms with Crippen LogP contribution in [0.5, 0.6) is 0 Å². The lowest BCUT2D eigenvalue weighted by atomic mass is 9.83. The van der Waals surface area contributed by atoms with Crippen molar-refractivity contribution in [3.05, 3.63) is 0 Å². The molecule has 2 bridgehead atoms. The second-order valence-electron chi connectivity index (χ2n) is 4.64. The summed E-state index contributed by atoms with van der Waals surface area (Å²) >= 11 is 0. The zero-order valence-corrected chi connectivity index (χ0v) is 9.39. The Labute approximate surface area is 92.9 Å². The molecular formula is C9H10F4S2. The van der Waals surface area contributed by atoms with Gasteiger partial charge in [-0.2, -0.15) is 17.6 Å². The quantitative estimate of drug-likeness (QED) is 0.475. The van der Waals surface area contributed by atoms with Gasteiger partial charge in [0.1, 0.15) is 0 Å². The summed E-state index contributed by atoms with van der Waals surface area (Å²) in [6, 6.07) is 0. The average Bonchev–Trinajstić information content (AvgIpc) is 2.71. The monoisotopic (exact) mass is 258 g/mol. The first-order chi connectivity index (χ1) is 6.93. The molecule has 0 nitrogen and oxygen atoms in total. The highest BCUT2D eigenvalue weighted by Crippen LogP contribution is 2.69. The van der Waals surface area contributed by atoms with Gasteiger partial charge in [0.25, 0.3) is 0 Å². The Hall–Kier alpha value is 0.420. The average molecular weight is 258 g/mol. The molecule has 1 heterocycles. The zero-order chi connectivity index (χ0) is 10.8. The lowest BCUT2D eigenvalue weighted by Gasteiger charge is -2.43. The molecule has 86 valence electrons. The maximum atomic E-state index is 13.6. The van der Waals surface area contributed by atoms with Gasteiger partial charge < -0.3 is 0 Å². The molecule has 6 heteroatoms. The van der Waals surface area contributed by atoms with Crippen molar-refractivity contribution >= 4 is 21.6 Å². The SMILES string of the molecule is FC1(F)SSC2C3CCC(C3)C2C1(F)F. The number of hydrogen-bond donors (Lipinski definition) is 0. The van der Waals surface area contributed by atoms with E-state index in [4.69, 9.17) is 0 Å². The Bertz CT molecular complexity index is 294. The summed E-state index contributed by atoms with van der Waals surface area (Å²) in [4.78, 5) is 0. The van der Waals surface area contributed by atoms with Crippen LogP contribution >= 0.6 is 21.6 Å². The minimum Gasteiger partial charge on any atom is -0.198 e. The predicted molar refractivity (Wildman–Crippen MR) is 53.2 cm³/mol. The van der Waals surface area contributed by atoms with Crippen molar-refractivity contribution in [2.24, 2.45) is 17.8 Å². The highest BCUT2D eigenvalue weighted by atomic mass is 33.1. The van der Waals surface area contributed by atoms with Crippen molar-refractivity contribution in [2.45, 2.75) is 35.7 Å². The molecule has 2 aliphatic carbocycles. The molecule has 3 rings (SSSR count). The Morgan fingerprint density at radius 2 is 1.67 bits per heavy atom. The molecule has 0 N–H and O–H groups in total. The molecule has 1 saturated heterocycles. The Kier molecular flexibility index (Phi) is 2.11. The summed E-state index contributed by atoms with van der Waals surface area (Å²) in [6.45, 7) is 0. The van der Waals surface area contributed by atoms with E-state index in [9.17, 15) is 17.6 Å². The van der Waals surface area contributed by atoms with Crippen LogP contribution in [0.15, 0.2) is 0 Å². The summed E-state index contributed by atoms with van der Waals surface area (Å²) in [5, 5.41) is -4.13. The standard InChI is InChI=1S/C9H10F4S2/c10-8(11)6-4-1-2-5(3-4)7(6)14-15-9(8,12)13/h4-7H,1-3H2. The molecule has 3 aliphatic rings. The van der Waals surface area contributed by atoms with Crippen LogP contribution in [0.1, 0.15) is 19.3 Å². The van der Waals surface area contributed by atoms with Gasteiger partial charge in [-0.3, -0.25) is 0 Å².